The molecule has 0 saturated heterocycles. The lowest BCUT2D eigenvalue weighted by molar-refractivity contribution is 0.304. The third-order valence-electron chi connectivity index (χ3n) is 4.37. The van der Waals surface area contributed by atoms with Gasteiger partial charge in [0.05, 0.1) is 5.52 Å². The molecule has 0 saturated carbocycles. The summed E-state index contributed by atoms with van der Waals surface area (Å²) in [4.78, 5) is 11.6. The van der Waals surface area contributed by atoms with Gasteiger partial charge < -0.3 is 9.73 Å². The van der Waals surface area contributed by atoms with Gasteiger partial charge in [0.2, 0.25) is 0 Å². The molecular formula is C17H26N2O2. The topological polar surface area (TPSA) is 47.2 Å². The summed E-state index contributed by atoms with van der Waals surface area (Å²) in [6.07, 6.45) is 1.10. The molecular weight excluding hydrogens is 264 g/mol. The van der Waals surface area contributed by atoms with E-state index in [0.29, 0.717) is 17.4 Å². The lowest BCUT2D eigenvalue weighted by Crippen LogP contribution is -2.30. The predicted molar refractivity (Wildman–Crippen MR) is 86.5 cm³/mol. The molecule has 0 bridgehead atoms. The molecule has 2 unspecified atom stereocenters. The first-order valence-corrected chi connectivity index (χ1v) is 7.78. The van der Waals surface area contributed by atoms with Crippen molar-refractivity contribution in [3.8, 4) is 0 Å². The summed E-state index contributed by atoms with van der Waals surface area (Å²) in [7, 11) is 1.73. The molecule has 1 heterocycles. The maximum atomic E-state index is 11.6. The molecule has 2 atom stereocenters. The first kappa shape index (κ1) is 15.8. The number of nitrogens with zero attached hydrogens (tertiary/aromatic N) is 1. The second kappa shape index (κ2) is 6.48. The molecule has 116 valence electrons. The third kappa shape index (κ3) is 3.21. The van der Waals surface area contributed by atoms with Gasteiger partial charge in [-0.25, -0.2) is 4.79 Å². The molecule has 0 amide bonds. The minimum atomic E-state index is -0.308. The summed E-state index contributed by atoms with van der Waals surface area (Å²) in [5, 5.41) is 3.63. The summed E-state index contributed by atoms with van der Waals surface area (Å²) in [5.74, 6) is 0.777. The third-order valence-corrected chi connectivity index (χ3v) is 4.37. The molecule has 4 heteroatoms. The summed E-state index contributed by atoms with van der Waals surface area (Å²) in [5.41, 5.74) is 2.70. The highest BCUT2D eigenvalue weighted by Crippen LogP contribution is 2.29. The number of aromatic nitrogens is 1. The van der Waals surface area contributed by atoms with Crippen molar-refractivity contribution in [2.24, 2.45) is 18.9 Å². The van der Waals surface area contributed by atoms with E-state index in [1.165, 1.54) is 5.56 Å². The van der Waals surface area contributed by atoms with Crippen LogP contribution in [0.2, 0.25) is 0 Å². The van der Waals surface area contributed by atoms with E-state index in [-0.39, 0.29) is 11.8 Å². The van der Waals surface area contributed by atoms with Crippen LogP contribution < -0.4 is 11.1 Å². The van der Waals surface area contributed by atoms with Crippen LogP contribution in [-0.4, -0.2) is 11.1 Å². The molecule has 1 aromatic heterocycles. The molecule has 0 spiro atoms. The van der Waals surface area contributed by atoms with E-state index >= 15 is 0 Å². The average molecular weight is 290 g/mol. The van der Waals surface area contributed by atoms with Crippen LogP contribution in [0.1, 0.15) is 45.7 Å². The highest BCUT2D eigenvalue weighted by molar-refractivity contribution is 5.73. The van der Waals surface area contributed by atoms with Crippen LogP contribution in [0.3, 0.4) is 0 Å². The SMILES string of the molecule is CCCNC(c1ccc2c(c1)oc(=O)n2C)C(C)C(C)C. The number of rotatable bonds is 6. The lowest BCUT2D eigenvalue weighted by atomic mass is 9.86. The zero-order valence-corrected chi connectivity index (χ0v) is 13.6. The number of benzene rings is 1. The van der Waals surface area contributed by atoms with Gasteiger partial charge >= 0.3 is 5.76 Å². The summed E-state index contributed by atoms with van der Waals surface area (Å²) >= 11 is 0. The van der Waals surface area contributed by atoms with Gasteiger partial charge in [0, 0.05) is 13.1 Å². The van der Waals surface area contributed by atoms with Crippen LogP contribution in [0.15, 0.2) is 27.4 Å². The Balaban J connectivity index is 2.41. The molecule has 2 rings (SSSR count). The zero-order valence-electron chi connectivity index (χ0n) is 13.6. The number of hydrogen-bond donors (Lipinski definition) is 1. The highest BCUT2D eigenvalue weighted by Gasteiger charge is 2.22. The van der Waals surface area contributed by atoms with Crippen LogP contribution in [-0.2, 0) is 7.05 Å². The highest BCUT2D eigenvalue weighted by atomic mass is 16.4. The zero-order chi connectivity index (χ0) is 15.6. The summed E-state index contributed by atoms with van der Waals surface area (Å²) in [6, 6.07) is 6.36. The number of nitrogens with one attached hydrogen (secondary N) is 1. The van der Waals surface area contributed by atoms with E-state index in [9.17, 15) is 4.79 Å². The molecule has 0 aliphatic rings. The smallest absolute Gasteiger partial charge is 0.408 e. The summed E-state index contributed by atoms with van der Waals surface area (Å²) < 4.78 is 6.85. The minimum Gasteiger partial charge on any atom is -0.408 e. The largest absolute Gasteiger partial charge is 0.419 e. The fourth-order valence-corrected chi connectivity index (χ4v) is 2.64. The van der Waals surface area contributed by atoms with Crippen LogP contribution in [0, 0.1) is 11.8 Å². The van der Waals surface area contributed by atoms with Crippen molar-refractivity contribution in [3.05, 3.63) is 34.3 Å². The molecule has 4 nitrogen and oxygen atoms in total. The standard InChI is InChI=1S/C17H26N2O2/c1-6-9-18-16(12(4)11(2)3)13-7-8-14-15(10-13)21-17(20)19(14)5/h7-8,10-12,16,18H,6,9H2,1-5H3. The molecule has 0 aliphatic carbocycles. The fourth-order valence-electron chi connectivity index (χ4n) is 2.64. The number of fused-ring (bicyclic) bond motifs is 1. The van der Waals surface area contributed by atoms with E-state index in [0.717, 1.165) is 18.5 Å². The van der Waals surface area contributed by atoms with Crippen molar-refractivity contribution in [2.75, 3.05) is 6.54 Å². The second-order valence-corrected chi connectivity index (χ2v) is 6.19. The van der Waals surface area contributed by atoms with Crippen molar-refractivity contribution in [3.63, 3.8) is 0 Å². The molecule has 0 aliphatic heterocycles. The summed E-state index contributed by atoms with van der Waals surface area (Å²) in [6.45, 7) is 9.91. The van der Waals surface area contributed by atoms with Crippen LogP contribution >= 0.6 is 0 Å². The van der Waals surface area contributed by atoms with Gasteiger partial charge in [-0.05, 0) is 42.5 Å². The van der Waals surface area contributed by atoms with Crippen molar-refractivity contribution in [1.82, 2.24) is 9.88 Å². The fraction of sp³-hybridized carbons (Fsp3) is 0.588. The van der Waals surface area contributed by atoms with Gasteiger partial charge in [-0.2, -0.15) is 0 Å². The van der Waals surface area contributed by atoms with E-state index in [1.54, 1.807) is 11.6 Å². The van der Waals surface area contributed by atoms with E-state index < -0.39 is 0 Å². The minimum absolute atomic E-state index is 0.278. The normalized spacial score (nSPS) is 14.8. The molecule has 1 aromatic carbocycles. The van der Waals surface area contributed by atoms with E-state index in [4.69, 9.17) is 4.42 Å². The average Bonchev–Trinajstić information content (AvgIpc) is 2.74. The van der Waals surface area contributed by atoms with Crippen molar-refractivity contribution >= 4 is 11.1 Å². The Kier molecular flexibility index (Phi) is 4.88. The maximum Gasteiger partial charge on any atom is 0.419 e. The number of hydrogen-bond acceptors (Lipinski definition) is 3. The molecule has 1 N–H and O–H groups in total. The van der Waals surface area contributed by atoms with Crippen LogP contribution in [0.4, 0.5) is 0 Å². The lowest BCUT2D eigenvalue weighted by Gasteiger charge is -2.28. The maximum absolute atomic E-state index is 11.6. The van der Waals surface area contributed by atoms with Gasteiger partial charge in [0.15, 0.2) is 5.58 Å². The second-order valence-electron chi connectivity index (χ2n) is 6.19. The van der Waals surface area contributed by atoms with Crippen molar-refractivity contribution < 1.29 is 4.42 Å². The molecule has 0 fully saturated rings. The van der Waals surface area contributed by atoms with Crippen LogP contribution in [0.25, 0.3) is 11.1 Å². The Hall–Kier alpha value is -1.55. The predicted octanol–water partition coefficient (Wildman–Crippen LogP) is 3.46. The quantitative estimate of drug-likeness (QED) is 0.886. The Bertz CT molecular complexity index is 654. The Labute approximate surface area is 126 Å². The van der Waals surface area contributed by atoms with Crippen molar-refractivity contribution in [2.45, 2.75) is 40.2 Å². The van der Waals surface area contributed by atoms with Gasteiger partial charge in [-0.15, -0.1) is 0 Å². The van der Waals surface area contributed by atoms with Crippen LogP contribution in [0.5, 0.6) is 0 Å². The monoisotopic (exact) mass is 290 g/mol. The molecule has 2 aromatic rings. The Morgan fingerprint density at radius 1 is 1.29 bits per heavy atom. The Morgan fingerprint density at radius 2 is 2.00 bits per heavy atom. The Morgan fingerprint density at radius 3 is 2.62 bits per heavy atom. The first-order chi connectivity index (χ1) is 9.95. The number of oxazole rings is 1. The van der Waals surface area contributed by atoms with E-state index in [2.05, 4.69) is 39.1 Å². The first-order valence-electron chi connectivity index (χ1n) is 7.78. The van der Waals surface area contributed by atoms with Gasteiger partial charge in [0.25, 0.3) is 0 Å². The van der Waals surface area contributed by atoms with E-state index in [1.807, 2.05) is 12.1 Å². The van der Waals surface area contributed by atoms with Gasteiger partial charge in [-0.3, -0.25) is 4.57 Å². The van der Waals surface area contributed by atoms with Crippen molar-refractivity contribution in [1.29, 1.82) is 0 Å². The van der Waals surface area contributed by atoms with Gasteiger partial charge in [-0.1, -0.05) is 33.8 Å². The van der Waals surface area contributed by atoms with Gasteiger partial charge in [0.1, 0.15) is 0 Å². The molecule has 0 radical (unpaired) electrons. The number of aryl methyl sites for hydroxylation is 1. The molecule has 21 heavy (non-hydrogen) atoms.